The van der Waals surface area contributed by atoms with Gasteiger partial charge in [-0.15, -0.1) is 0 Å². The van der Waals surface area contributed by atoms with Crippen molar-refractivity contribution in [1.29, 1.82) is 0 Å². The molecule has 0 aromatic rings. The molecule has 0 bridgehead atoms. The SMILES string of the molecule is COCCC1(C(C)C)CCCCC1. The van der Waals surface area contributed by atoms with Crippen molar-refractivity contribution in [3.05, 3.63) is 0 Å². The molecule has 0 amide bonds. The van der Waals surface area contributed by atoms with Crippen LogP contribution in [0.4, 0.5) is 0 Å². The monoisotopic (exact) mass is 184 g/mol. The molecule has 1 heteroatoms. The third-order valence-corrected chi connectivity index (χ3v) is 3.88. The van der Waals surface area contributed by atoms with Crippen LogP contribution < -0.4 is 0 Å². The highest BCUT2D eigenvalue weighted by molar-refractivity contribution is 4.85. The van der Waals surface area contributed by atoms with Gasteiger partial charge >= 0.3 is 0 Å². The van der Waals surface area contributed by atoms with Crippen LogP contribution in [-0.4, -0.2) is 13.7 Å². The Morgan fingerprint density at radius 1 is 1.15 bits per heavy atom. The first-order chi connectivity index (χ1) is 6.21. The van der Waals surface area contributed by atoms with Gasteiger partial charge < -0.3 is 4.74 Å². The van der Waals surface area contributed by atoms with Gasteiger partial charge in [0.2, 0.25) is 0 Å². The van der Waals surface area contributed by atoms with Crippen molar-refractivity contribution in [3.63, 3.8) is 0 Å². The fourth-order valence-electron chi connectivity index (χ4n) is 2.68. The average molecular weight is 184 g/mol. The Balaban J connectivity index is 2.51. The molecule has 1 aliphatic carbocycles. The molecule has 0 radical (unpaired) electrons. The molecule has 1 fully saturated rings. The molecule has 0 aromatic carbocycles. The minimum atomic E-state index is 0.605. The normalized spacial score (nSPS) is 22.2. The minimum absolute atomic E-state index is 0.605. The summed E-state index contributed by atoms with van der Waals surface area (Å²) in [5, 5.41) is 0. The van der Waals surface area contributed by atoms with E-state index >= 15 is 0 Å². The second-order valence-corrected chi connectivity index (χ2v) is 4.82. The Kier molecular flexibility index (Phi) is 4.24. The fourth-order valence-corrected chi connectivity index (χ4v) is 2.68. The van der Waals surface area contributed by atoms with Gasteiger partial charge in [-0.1, -0.05) is 33.1 Å². The number of hydrogen-bond acceptors (Lipinski definition) is 1. The van der Waals surface area contributed by atoms with Crippen molar-refractivity contribution in [1.82, 2.24) is 0 Å². The molecule has 78 valence electrons. The molecule has 0 atom stereocenters. The molecule has 1 nitrogen and oxygen atoms in total. The third kappa shape index (κ3) is 2.70. The van der Waals surface area contributed by atoms with E-state index in [-0.39, 0.29) is 0 Å². The van der Waals surface area contributed by atoms with E-state index in [2.05, 4.69) is 13.8 Å². The lowest BCUT2D eigenvalue weighted by molar-refractivity contribution is 0.0621. The van der Waals surface area contributed by atoms with Crippen LogP contribution in [0.3, 0.4) is 0 Å². The molecule has 0 aromatic heterocycles. The van der Waals surface area contributed by atoms with E-state index in [1.807, 2.05) is 7.11 Å². The Morgan fingerprint density at radius 3 is 2.23 bits per heavy atom. The number of rotatable bonds is 4. The average Bonchev–Trinajstić information content (AvgIpc) is 2.16. The zero-order chi connectivity index (χ0) is 9.73. The third-order valence-electron chi connectivity index (χ3n) is 3.88. The maximum Gasteiger partial charge on any atom is 0.0467 e. The highest BCUT2D eigenvalue weighted by Crippen LogP contribution is 2.45. The molecule has 0 saturated heterocycles. The summed E-state index contributed by atoms with van der Waals surface area (Å²) >= 11 is 0. The van der Waals surface area contributed by atoms with Crippen molar-refractivity contribution in [2.24, 2.45) is 11.3 Å². The summed E-state index contributed by atoms with van der Waals surface area (Å²) in [6, 6.07) is 0. The summed E-state index contributed by atoms with van der Waals surface area (Å²) in [5.41, 5.74) is 0.605. The van der Waals surface area contributed by atoms with Crippen LogP contribution in [0.2, 0.25) is 0 Å². The predicted octanol–water partition coefficient (Wildman–Crippen LogP) is 3.63. The maximum atomic E-state index is 5.22. The van der Waals surface area contributed by atoms with Gasteiger partial charge in [0.1, 0.15) is 0 Å². The van der Waals surface area contributed by atoms with Crippen molar-refractivity contribution in [2.45, 2.75) is 52.4 Å². The predicted molar refractivity (Wildman–Crippen MR) is 56.8 cm³/mol. The lowest BCUT2D eigenvalue weighted by Crippen LogP contribution is -2.31. The molecule has 1 aliphatic rings. The first-order valence-electron chi connectivity index (χ1n) is 5.70. The van der Waals surface area contributed by atoms with E-state index in [1.165, 1.54) is 38.5 Å². The Bertz CT molecular complexity index is 134. The first-order valence-corrected chi connectivity index (χ1v) is 5.70. The fraction of sp³-hybridized carbons (Fsp3) is 1.00. The molecule has 0 heterocycles. The standard InChI is InChI=1S/C12H24O/c1-11(2)12(9-10-13-3)7-5-4-6-8-12/h11H,4-10H2,1-3H3. The van der Waals surface area contributed by atoms with Gasteiger partial charge in [0, 0.05) is 13.7 Å². The quantitative estimate of drug-likeness (QED) is 0.648. The smallest absolute Gasteiger partial charge is 0.0467 e. The van der Waals surface area contributed by atoms with Crippen LogP contribution in [0.25, 0.3) is 0 Å². The van der Waals surface area contributed by atoms with E-state index in [4.69, 9.17) is 4.74 Å². The van der Waals surface area contributed by atoms with E-state index < -0.39 is 0 Å². The van der Waals surface area contributed by atoms with Crippen molar-refractivity contribution in [2.75, 3.05) is 13.7 Å². The van der Waals surface area contributed by atoms with Gasteiger partial charge in [-0.2, -0.15) is 0 Å². The summed E-state index contributed by atoms with van der Waals surface area (Å²) in [6.07, 6.45) is 8.43. The highest BCUT2D eigenvalue weighted by atomic mass is 16.5. The second-order valence-electron chi connectivity index (χ2n) is 4.82. The molecule has 0 N–H and O–H groups in total. The van der Waals surface area contributed by atoms with Crippen LogP contribution >= 0.6 is 0 Å². The zero-order valence-electron chi connectivity index (χ0n) is 9.44. The summed E-state index contributed by atoms with van der Waals surface area (Å²) in [4.78, 5) is 0. The number of ether oxygens (including phenoxy) is 1. The Morgan fingerprint density at radius 2 is 1.77 bits per heavy atom. The molecular formula is C12H24O. The summed E-state index contributed by atoms with van der Waals surface area (Å²) in [6.45, 7) is 5.69. The van der Waals surface area contributed by atoms with Gasteiger partial charge in [-0.05, 0) is 30.6 Å². The van der Waals surface area contributed by atoms with Crippen LogP contribution in [0, 0.1) is 11.3 Å². The summed E-state index contributed by atoms with van der Waals surface area (Å²) in [7, 11) is 1.82. The molecule has 0 unspecified atom stereocenters. The van der Waals surface area contributed by atoms with Gasteiger partial charge in [-0.25, -0.2) is 0 Å². The van der Waals surface area contributed by atoms with E-state index in [0.717, 1.165) is 12.5 Å². The number of methoxy groups -OCH3 is 1. The van der Waals surface area contributed by atoms with E-state index in [1.54, 1.807) is 0 Å². The van der Waals surface area contributed by atoms with Gasteiger partial charge in [0.15, 0.2) is 0 Å². The lowest BCUT2D eigenvalue weighted by atomic mass is 9.65. The van der Waals surface area contributed by atoms with Crippen molar-refractivity contribution < 1.29 is 4.74 Å². The highest BCUT2D eigenvalue weighted by Gasteiger charge is 2.34. The molecular weight excluding hydrogens is 160 g/mol. The second kappa shape index (κ2) is 4.99. The maximum absolute atomic E-state index is 5.22. The van der Waals surface area contributed by atoms with Crippen LogP contribution in [-0.2, 0) is 4.74 Å². The van der Waals surface area contributed by atoms with Crippen LogP contribution in [0.1, 0.15) is 52.4 Å². The van der Waals surface area contributed by atoms with Crippen LogP contribution in [0.5, 0.6) is 0 Å². The Labute approximate surface area is 82.9 Å². The molecule has 0 spiro atoms. The van der Waals surface area contributed by atoms with E-state index in [0.29, 0.717) is 5.41 Å². The minimum Gasteiger partial charge on any atom is -0.385 e. The molecule has 13 heavy (non-hydrogen) atoms. The molecule has 1 rings (SSSR count). The largest absolute Gasteiger partial charge is 0.385 e. The van der Waals surface area contributed by atoms with Gasteiger partial charge in [0.25, 0.3) is 0 Å². The van der Waals surface area contributed by atoms with Crippen molar-refractivity contribution in [3.8, 4) is 0 Å². The Hall–Kier alpha value is -0.0400. The topological polar surface area (TPSA) is 9.23 Å². The molecule has 0 aliphatic heterocycles. The zero-order valence-corrected chi connectivity index (χ0v) is 9.44. The van der Waals surface area contributed by atoms with Gasteiger partial charge in [0.05, 0.1) is 0 Å². The van der Waals surface area contributed by atoms with Crippen molar-refractivity contribution >= 4 is 0 Å². The summed E-state index contributed by atoms with van der Waals surface area (Å²) < 4.78 is 5.22. The summed E-state index contributed by atoms with van der Waals surface area (Å²) in [5.74, 6) is 0.822. The molecule has 1 saturated carbocycles. The van der Waals surface area contributed by atoms with Crippen LogP contribution in [0.15, 0.2) is 0 Å². The first kappa shape index (κ1) is 11.0. The van der Waals surface area contributed by atoms with E-state index in [9.17, 15) is 0 Å². The number of hydrogen-bond donors (Lipinski definition) is 0. The lowest BCUT2D eigenvalue weighted by Gasteiger charge is -2.41. The van der Waals surface area contributed by atoms with Gasteiger partial charge in [-0.3, -0.25) is 0 Å².